The molecule has 0 aromatic heterocycles. The van der Waals surface area contributed by atoms with Gasteiger partial charge in [-0.25, -0.2) is 0 Å². The van der Waals surface area contributed by atoms with Gasteiger partial charge < -0.3 is 10.0 Å². The van der Waals surface area contributed by atoms with Crippen molar-refractivity contribution in [2.24, 2.45) is 11.3 Å². The van der Waals surface area contributed by atoms with Crippen LogP contribution >= 0.6 is 0 Å². The number of hydrogen-bond donors (Lipinski definition) is 1. The molecule has 1 N–H and O–H groups in total. The predicted molar refractivity (Wildman–Crippen MR) is 54.3 cm³/mol. The molecule has 0 spiro atoms. The summed E-state index contributed by atoms with van der Waals surface area (Å²) in [5.41, 5.74) is -0.294. The van der Waals surface area contributed by atoms with Crippen molar-refractivity contribution in [2.75, 3.05) is 6.54 Å². The number of amides is 1. The molecule has 0 aliphatic carbocycles. The number of carbonyl (C=O) groups is 2. The van der Waals surface area contributed by atoms with E-state index < -0.39 is 5.97 Å². The quantitative estimate of drug-likeness (QED) is 0.706. The summed E-state index contributed by atoms with van der Waals surface area (Å²) in [5.74, 6) is -1.01. The van der Waals surface area contributed by atoms with E-state index in [1.165, 1.54) is 0 Å². The molecule has 84 valence electrons. The van der Waals surface area contributed by atoms with E-state index in [-0.39, 0.29) is 23.3 Å². The Kier molecular flexibility index (Phi) is 2.24. The second-order valence-corrected chi connectivity index (χ2v) is 5.31. The number of carbonyl (C=O) groups excluding carboxylic acids is 1. The highest BCUT2D eigenvalue weighted by Gasteiger charge is 2.48. The Hall–Kier alpha value is -1.06. The molecule has 1 amide bonds. The highest BCUT2D eigenvalue weighted by molar-refractivity contribution is 5.85. The molecule has 2 saturated heterocycles. The van der Waals surface area contributed by atoms with E-state index in [0.29, 0.717) is 13.0 Å². The summed E-state index contributed by atoms with van der Waals surface area (Å²) in [7, 11) is 0. The first-order chi connectivity index (χ1) is 6.92. The molecule has 2 heterocycles. The van der Waals surface area contributed by atoms with Crippen molar-refractivity contribution in [3.8, 4) is 0 Å². The Morgan fingerprint density at radius 2 is 2.13 bits per heavy atom. The van der Waals surface area contributed by atoms with Crippen LogP contribution < -0.4 is 0 Å². The lowest BCUT2D eigenvalue weighted by Gasteiger charge is -2.33. The maximum Gasteiger partial charge on any atom is 0.308 e. The molecule has 0 unspecified atom stereocenters. The summed E-state index contributed by atoms with van der Waals surface area (Å²) in [5, 5.41) is 8.94. The van der Waals surface area contributed by atoms with Crippen LogP contribution in [-0.2, 0) is 9.59 Å². The highest BCUT2D eigenvalue weighted by Crippen LogP contribution is 2.40. The molecular weight excluding hydrogens is 194 g/mol. The SMILES string of the molecule is CC1(C)C[C@H]2CC[C@H](C(=O)O)CN2C1=O. The number of carboxylic acid groups (broad SMARTS) is 1. The molecule has 2 aliphatic heterocycles. The number of piperidine rings is 1. The summed E-state index contributed by atoms with van der Waals surface area (Å²) in [4.78, 5) is 24.6. The number of carboxylic acids is 1. The van der Waals surface area contributed by atoms with Gasteiger partial charge in [0.05, 0.1) is 5.92 Å². The van der Waals surface area contributed by atoms with Crippen molar-refractivity contribution in [2.45, 2.75) is 39.2 Å². The molecule has 4 nitrogen and oxygen atoms in total. The molecule has 2 fully saturated rings. The molecular formula is C11H17NO3. The van der Waals surface area contributed by atoms with E-state index in [0.717, 1.165) is 12.8 Å². The van der Waals surface area contributed by atoms with E-state index in [2.05, 4.69) is 0 Å². The number of aliphatic carboxylic acids is 1. The summed E-state index contributed by atoms with van der Waals surface area (Å²) < 4.78 is 0. The van der Waals surface area contributed by atoms with E-state index in [4.69, 9.17) is 5.11 Å². The zero-order valence-electron chi connectivity index (χ0n) is 9.19. The zero-order chi connectivity index (χ0) is 11.2. The van der Waals surface area contributed by atoms with Gasteiger partial charge in [-0.05, 0) is 19.3 Å². The minimum Gasteiger partial charge on any atom is -0.481 e. The normalized spacial score (nSPS) is 34.0. The van der Waals surface area contributed by atoms with Crippen molar-refractivity contribution < 1.29 is 14.7 Å². The van der Waals surface area contributed by atoms with Gasteiger partial charge in [0.25, 0.3) is 0 Å². The molecule has 0 radical (unpaired) electrons. The van der Waals surface area contributed by atoms with Crippen LogP contribution in [-0.4, -0.2) is 34.5 Å². The topological polar surface area (TPSA) is 57.6 Å². The van der Waals surface area contributed by atoms with Gasteiger partial charge in [-0.3, -0.25) is 9.59 Å². The van der Waals surface area contributed by atoms with Crippen LogP contribution in [0.15, 0.2) is 0 Å². The van der Waals surface area contributed by atoms with Gasteiger partial charge in [0.2, 0.25) is 5.91 Å². The Balaban J connectivity index is 2.14. The smallest absolute Gasteiger partial charge is 0.308 e. The first-order valence-corrected chi connectivity index (χ1v) is 5.46. The summed E-state index contributed by atoms with van der Waals surface area (Å²) in [6, 6.07) is 0.281. The van der Waals surface area contributed by atoms with Gasteiger partial charge in [-0.15, -0.1) is 0 Å². The largest absolute Gasteiger partial charge is 0.481 e. The Bertz CT molecular complexity index is 311. The molecule has 0 aromatic rings. The average Bonchev–Trinajstić information content (AvgIpc) is 2.37. The van der Waals surface area contributed by atoms with E-state index in [1.54, 1.807) is 4.90 Å². The van der Waals surface area contributed by atoms with Crippen molar-refractivity contribution in [1.82, 2.24) is 4.90 Å². The van der Waals surface area contributed by atoms with Crippen LogP contribution in [0.25, 0.3) is 0 Å². The van der Waals surface area contributed by atoms with Crippen LogP contribution in [0.4, 0.5) is 0 Å². The maximum atomic E-state index is 12.0. The Labute approximate surface area is 89.3 Å². The predicted octanol–water partition coefficient (Wildman–Crippen LogP) is 1.11. The molecule has 4 heteroatoms. The lowest BCUT2D eigenvalue weighted by Crippen LogP contribution is -2.44. The second kappa shape index (κ2) is 3.22. The van der Waals surface area contributed by atoms with Crippen molar-refractivity contribution in [3.63, 3.8) is 0 Å². The molecule has 0 bridgehead atoms. The lowest BCUT2D eigenvalue weighted by molar-refractivity contribution is -0.146. The summed E-state index contributed by atoms with van der Waals surface area (Å²) >= 11 is 0. The van der Waals surface area contributed by atoms with Crippen molar-refractivity contribution in [3.05, 3.63) is 0 Å². The first kappa shape index (κ1) is 10.5. The number of hydrogen-bond acceptors (Lipinski definition) is 2. The molecule has 0 aromatic carbocycles. The average molecular weight is 211 g/mol. The van der Waals surface area contributed by atoms with Crippen LogP contribution in [0.1, 0.15) is 33.1 Å². The third kappa shape index (κ3) is 1.62. The number of fused-ring (bicyclic) bond motifs is 1. The van der Waals surface area contributed by atoms with E-state index in [9.17, 15) is 9.59 Å². The summed E-state index contributed by atoms with van der Waals surface area (Å²) in [6.45, 7) is 4.30. The van der Waals surface area contributed by atoms with Gasteiger partial charge in [-0.1, -0.05) is 13.8 Å². The lowest BCUT2D eigenvalue weighted by atomic mass is 9.87. The standard InChI is InChI=1S/C11H17NO3/c1-11(2)5-8-4-3-7(9(13)14)6-12(8)10(11)15/h7-8H,3-6H2,1-2H3,(H,13,14)/t7-,8+/m0/s1. The Morgan fingerprint density at radius 3 is 2.73 bits per heavy atom. The molecule has 2 rings (SSSR count). The molecule has 2 atom stereocenters. The second-order valence-electron chi connectivity index (χ2n) is 5.31. The third-order valence-electron chi connectivity index (χ3n) is 3.64. The zero-order valence-corrected chi connectivity index (χ0v) is 9.19. The van der Waals surface area contributed by atoms with Gasteiger partial charge in [0.15, 0.2) is 0 Å². The third-order valence-corrected chi connectivity index (χ3v) is 3.64. The van der Waals surface area contributed by atoms with Crippen molar-refractivity contribution >= 4 is 11.9 Å². The van der Waals surface area contributed by atoms with Crippen LogP contribution in [0, 0.1) is 11.3 Å². The first-order valence-electron chi connectivity index (χ1n) is 5.46. The Morgan fingerprint density at radius 1 is 1.47 bits per heavy atom. The molecule has 2 aliphatic rings. The van der Waals surface area contributed by atoms with Crippen LogP contribution in [0.5, 0.6) is 0 Å². The van der Waals surface area contributed by atoms with Crippen LogP contribution in [0.3, 0.4) is 0 Å². The molecule has 15 heavy (non-hydrogen) atoms. The fraction of sp³-hybridized carbons (Fsp3) is 0.818. The van der Waals surface area contributed by atoms with Gasteiger partial charge in [0.1, 0.15) is 0 Å². The van der Waals surface area contributed by atoms with Gasteiger partial charge >= 0.3 is 5.97 Å². The number of rotatable bonds is 1. The monoisotopic (exact) mass is 211 g/mol. The van der Waals surface area contributed by atoms with E-state index >= 15 is 0 Å². The van der Waals surface area contributed by atoms with E-state index in [1.807, 2.05) is 13.8 Å². The number of nitrogens with zero attached hydrogens (tertiary/aromatic N) is 1. The highest BCUT2D eigenvalue weighted by atomic mass is 16.4. The van der Waals surface area contributed by atoms with Crippen LogP contribution in [0.2, 0.25) is 0 Å². The van der Waals surface area contributed by atoms with Gasteiger partial charge in [0, 0.05) is 18.0 Å². The fourth-order valence-electron chi connectivity index (χ4n) is 2.75. The minimum atomic E-state index is -0.772. The maximum absolute atomic E-state index is 12.0. The molecule has 0 saturated carbocycles. The van der Waals surface area contributed by atoms with Gasteiger partial charge in [-0.2, -0.15) is 0 Å². The summed E-state index contributed by atoms with van der Waals surface area (Å²) in [6.07, 6.45) is 2.42. The fourth-order valence-corrected chi connectivity index (χ4v) is 2.75. The van der Waals surface area contributed by atoms with Crippen molar-refractivity contribution in [1.29, 1.82) is 0 Å². The minimum absolute atomic E-state index is 0.124.